The summed E-state index contributed by atoms with van der Waals surface area (Å²) in [6.07, 6.45) is 0. The molecule has 0 spiro atoms. The van der Waals surface area contributed by atoms with Crippen LogP contribution in [0.5, 0.6) is 0 Å². The van der Waals surface area contributed by atoms with Crippen molar-refractivity contribution in [3.63, 3.8) is 0 Å². The number of aryl methyl sites for hydroxylation is 1. The van der Waals surface area contributed by atoms with Crippen LogP contribution in [0.1, 0.15) is 28.7 Å². The minimum absolute atomic E-state index is 0.321. The summed E-state index contributed by atoms with van der Waals surface area (Å²) in [6.45, 7) is 5.28. The number of anilines is 1. The second-order valence-electron chi connectivity index (χ2n) is 4.61. The van der Waals surface area contributed by atoms with Crippen molar-refractivity contribution < 1.29 is 9.90 Å². The summed E-state index contributed by atoms with van der Waals surface area (Å²) in [4.78, 5) is 17.8. The van der Waals surface area contributed by atoms with Crippen molar-refractivity contribution in [2.24, 2.45) is 0 Å². The molecular formula is C16H18N2O2. The second kappa shape index (κ2) is 6.19. The van der Waals surface area contributed by atoms with Gasteiger partial charge in [-0.25, -0.2) is 4.79 Å². The number of pyridine rings is 1. The van der Waals surface area contributed by atoms with E-state index in [4.69, 9.17) is 0 Å². The van der Waals surface area contributed by atoms with Gasteiger partial charge in [0.15, 0.2) is 0 Å². The smallest absolute Gasteiger partial charge is 0.337 e. The van der Waals surface area contributed by atoms with Gasteiger partial charge in [0, 0.05) is 12.2 Å². The number of carboxylic acids is 1. The number of rotatable bonds is 5. The van der Waals surface area contributed by atoms with Crippen molar-refractivity contribution in [3.8, 4) is 0 Å². The summed E-state index contributed by atoms with van der Waals surface area (Å²) < 4.78 is 0. The minimum Gasteiger partial charge on any atom is -0.478 e. The summed E-state index contributed by atoms with van der Waals surface area (Å²) in [5.41, 5.74) is 2.95. The molecule has 2 aromatic rings. The molecule has 1 aromatic heterocycles. The number of hydrogen-bond donors (Lipinski definition) is 1. The van der Waals surface area contributed by atoms with Crippen LogP contribution in [0, 0.1) is 6.92 Å². The van der Waals surface area contributed by atoms with Gasteiger partial charge in [-0.05, 0) is 38.1 Å². The third-order valence-corrected chi connectivity index (χ3v) is 3.16. The number of nitrogens with zero attached hydrogens (tertiary/aromatic N) is 2. The largest absolute Gasteiger partial charge is 0.478 e. The van der Waals surface area contributed by atoms with Crippen molar-refractivity contribution in [2.75, 3.05) is 11.4 Å². The van der Waals surface area contributed by atoms with E-state index in [0.717, 1.165) is 23.6 Å². The molecule has 1 heterocycles. The number of aromatic carboxylic acids is 1. The van der Waals surface area contributed by atoms with Crippen LogP contribution in [0.25, 0.3) is 0 Å². The van der Waals surface area contributed by atoms with Crippen LogP contribution in [-0.2, 0) is 6.54 Å². The molecule has 0 aliphatic carbocycles. The fourth-order valence-corrected chi connectivity index (χ4v) is 2.18. The van der Waals surface area contributed by atoms with Gasteiger partial charge < -0.3 is 10.0 Å². The Morgan fingerprint density at radius 3 is 2.60 bits per heavy atom. The van der Waals surface area contributed by atoms with E-state index in [-0.39, 0.29) is 0 Å². The van der Waals surface area contributed by atoms with Crippen LogP contribution in [0.3, 0.4) is 0 Å². The van der Waals surface area contributed by atoms with Gasteiger partial charge in [0.1, 0.15) is 0 Å². The first-order valence-corrected chi connectivity index (χ1v) is 6.61. The number of carbonyl (C=O) groups is 1. The zero-order valence-corrected chi connectivity index (χ0v) is 11.7. The Kier molecular flexibility index (Phi) is 4.35. The van der Waals surface area contributed by atoms with Crippen LogP contribution in [0.15, 0.2) is 42.5 Å². The van der Waals surface area contributed by atoms with E-state index >= 15 is 0 Å². The quantitative estimate of drug-likeness (QED) is 0.907. The maximum absolute atomic E-state index is 11.3. The van der Waals surface area contributed by atoms with E-state index in [9.17, 15) is 9.90 Å². The first-order chi connectivity index (χ1) is 9.61. The fraction of sp³-hybridized carbons (Fsp3) is 0.250. The third-order valence-electron chi connectivity index (χ3n) is 3.16. The summed E-state index contributed by atoms with van der Waals surface area (Å²) in [7, 11) is 0. The second-order valence-corrected chi connectivity index (χ2v) is 4.61. The van der Waals surface area contributed by atoms with Crippen LogP contribution in [-0.4, -0.2) is 22.6 Å². The summed E-state index contributed by atoms with van der Waals surface area (Å²) in [5, 5.41) is 9.28. The topological polar surface area (TPSA) is 53.4 Å². The van der Waals surface area contributed by atoms with Gasteiger partial charge in [-0.15, -0.1) is 0 Å². The highest BCUT2D eigenvalue weighted by Gasteiger charge is 2.14. The van der Waals surface area contributed by atoms with E-state index in [1.54, 1.807) is 12.1 Å². The van der Waals surface area contributed by atoms with Crippen molar-refractivity contribution in [1.82, 2.24) is 4.98 Å². The standard InChI is InChI=1S/C16H18N2O2/c1-3-18(11-13-8-6-7-12(2)17-13)15-10-5-4-9-14(15)16(19)20/h4-10H,3,11H2,1-2H3,(H,19,20). The predicted molar refractivity (Wildman–Crippen MR) is 79.1 cm³/mol. The molecule has 0 radical (unpaired) electrons. The Balaban J connectivity index is 2.31. The molecule has 0 unspecified atom stereocenters. The Morgan fingerprint density at radius 2 is 1.95 bits per heavy atom. The lowest BCUT2D eigenvalue weighted by molar-refractivity contribution is 0.0697. The van der Waals surface area contributed by atoms with Gasteiger partial charge in [0.2, 0.25) is 0 Å². The molecule has 20 heavy (non-hydrogen) atoms. The molecule has 0 amide bonds. The van der Waals surface area contributed by atoms with E-state index in [1.165, 1.54) is 0 Å². The van der Waals surface area contributed by atoms with Crippen molar-refractivity contribution in [3.05, 3.63) is 59.4 Å². The average molecular weight is 270 g/mol. The van der Waals surface area contributed by atoms with Crippen LogP contribution in [0.2, 0.25) is 0 Å². The average Bonchev–Trinajstić information content (AvgIpc) is 2.45. The van der Waals surface area contributed by atoms with Gasteiger partial charge >= 0.3 is 5.97 Å². The van der Waals surface area contributed by atoms with Gasteiger partial charge in [-0.3, -0.25) is 4.98 Å². The number of carboxylic acid groups (broad SMARTS) is 1. The van der Waals surface area contributed by atoms with Crippen LogP contribution in [0.4, 0.5) is 5.69 Å². The summed E-state index contributed by atoms with van der Waals surface area (Å²) in [6, 6.07) is 12.9. The highest BCUT2D eigenvalue weighted by Crippen LogP contribution is 2.22. The van der Waals surface area contributed by atoms with Gasteiger partial charge in [0.05, 0.1) is 23.5 Å². The van der Waals surface area contributed by atoms with E-state index in [1.807, 2.05) is 49.1 Å². The molecule has 0 aliphatic rings. The molecule has 0 fully saturated rings. The van der Waals surface area contributed by atoms with Gasteiger partial charge in [-0.2, -0.15) is 0 Å². The predicted octanol–water partition coefficient (Wildman–Crippen LogP) is 3.11. The first kappa shape index (κ1) is 14.1. The molecule has 0 bridgehead atoms. The van der Waals surface area contributed by atoms with E-state index in [2.05, 4.69) is 4.98 Å². The third kappa shape index (κ3) is 3.15. The minimum atomic E-state index is -0.906. The SMILES string of the molecule is CCN(Cc1cccc(C)n1)c1ccccc1C(=O)O. The highest BCUT2D eigenvalue weighted by molar-refractivity contribution is 5.94. The zero-order valence-electron chi connectivity index (χ0n) is 11.7. The Hall–Kier alpha value is -2.36. The molecule has 0 saturated heterocycles. The number of benzene rings is 1. The van der Waals surface area contributed by atoms with Crippen molar-refractivity contribution in [1.29, 1.82) is 0 Å². The van der Waals surface area contributed by atoms with Crippen LogP contribution >= 0.6 is 0 Å². The first-order valence-electron chi connectivity index (χ1n) is 6.61. The van der Waals surface area contributed by atoms with Crippen molar-refractivity contribution in [2.45, 2.75) is 20.4 Å². The Morgan fingerprint density at radius 1 is 1.20 bits per heavy atom. The molecule has 4 nitrogen and oxygen atoms in total. The summed E-state index contributed by atoms with van der Waals surface area (Å²) >= 11 is 0. The lowest BCUT2D eigenvalue weighted by Crippen LogP contribution is -2.24. The maximum atomic E-state index is 11.3. The molecule has 0 atom stereocenters. The molecule has 4 heteroatoms. The normalized spacial score (nSPS) is 10.3. The molecule has 104 valence electrons. The highest BCUT2D eigenvalue weighted by atomic mass is 16.4. The van der Waals surface area contributed by atoms with E-state index in [0.29, 0.717) is 12.1 Å². The Labute approximate surface area is 118 Å². The lowest BCUT2D eigenvalue weighted by atomic mass is 10.1. The maximum Gasteiger partial charge on any atom is 0.337 e. The van der Waals surface area contributed by atoms with Gasteiger partial charge in [0.25, 0.3) is 0 Å². The number of aromatic nitrogens is 1. The van der Waals surface area contributed by atoms with E-state index < -0.39 is 5.97 Å². The molecule has 0 saturated carbocycles. The van der Waals surface area contributed by atoms with Gasteiger partial charge in [-0.1, -0.05) is 18.2 Å². The monoisotopic (exact) mass is 270 g/mol. The fourth-order valence-electron chi connectivity index (χ4n) is 2.18. The molecule has 0 aliphatic heterocycles. The molecular weight excluding hydrogens is 252 g/mol. The molecule has 2 rings (SSSR count). The number of hydrogen-bond acceptors (Lipinski definition) is 3. The summed E-state index contributed by atoms with van der Waals surface area (Å²) in [5.74, 6) is -0.906. The zero-order chi connectivity index (χ0) is 14.5. The lowest BCUT2D eigenvalue weighted by Gasteiger charge is -2.24. The molecule has 1 aromatic carbocycles. The van der Waals surface area contributed by atoms with Crippen LogP contribution < -0.4 is 4.90 Å². The Bertz CT molecular complexity index is 611. The van der Waals surface area contributed by atoms with Crippen molar-refractivity contribution >= 4 is 11.7 Å². The molecule has 1 N–H and O–H groups in total. The number of para-hydroxylation sites is 1.